The van der Waals surface area contributed by atoms with Crippen molar-refractivity contribution in [3.05, 3.63) is 30.0 Å². The summed E-state index contributed by atoms with van der Waals surface area (Å²) in [7, 11) is 4.00. The number of hydrogen-bond acceptors (Lipinski definition) is 3. The molecule has 0 aliphatic rings. The van der Waals surface area contributed by atoms with Crippen LogP contribution in [0, 0.1) is 11.3 Å². The third-order valence-corrected chi connectivity index (χ3v) is 3.37. The highest BCUT2D eigenvalue weighted by atomic mass is 15.3. The van der Waals surface area contributed by atoms with Crippen LogP contribution in [0.4, 0.5) is 0 Å². The van der Waals surface area contributed by atoms with E-state index in [4.69, 9.17) is 5.26 Å². The molecule has 0 saturated heterocycles. The molecule has 0 N–H and O–H groups in total. The van der Waals surface area contributed by atoms with Gasteiger partial charge < -0.3 is 0 Å². The van der Waals surface area contributed by atoms with Crippen LogP contribution in [0.1, 0.15) is 19.0 Å². The standard InChI is InChI=1S/C14H18N4/c1-11(8-9-15)17(2)10-13-12-6-4-5-7-14(12)18(3)16-13/h4-7,11H,8,10H2,1-3H3. The second kappa shape index (κ2) is 5.19. The molecule has 4 heteroatoms. The number of nitrogens with zero attached hydrogens (tertiary/aromatic N) is 4. The summed E-state index contributed by atoms with van der Waals surface area (Å²) in [5, 5.41) is 14.5. The Balaban J connectivity index is 2.25. The first-order valence-corrected chi connectivity index (χ1v) is 6.11. The number of hydrogen-bond donors (Lipinski definition) is 0. The summed E-state index contributed by atoms with van der Waals surface area (Å²) < 4.78 is 1.91. The minimum absolute atomic E-state index is 0.246. The van der Waals surface area contributed by atoms with Gasteiger partial charge in [-0.25, -0.2) is 0 Å². The molecule has 1 aromatic heterocycles. The maximum absolute atomic E-state index is 8.73. The minimum Gasteiger partial charge on any atom is -0.297 e. The second-order valence-electron chi connectivity index (χ2n) is 4.71. The Morgan fingerprint density at radius 3 is 2.89 bits per heavy atom. The van der Waals surface area contributed by atoms with Gasteiger partial charge in [-0.3, -0.25) is 9.58 Å². The summed E-state index contributed by atoms with van der Waals surface area (Å²) in [5.74, 6) is 0. The molecular formula is C14H18N4. The molecule has 0 aliphatic heterocycles. The first-order valence-electron chi connectivity index (χ1n) is 6.11. The Morgan fingerprint density at radius 2 is 2.17 bits per heavy atom. The van der Waals surface area contributed by atoms with Gasteiger partial charge in [-0.2, -0.15) is 10.4 Å². The topological polar surface area (TPSA) is 44.9 Å². The lowest BCUT2D eigenvalue weighted by molar-refractivity contribution is 0.250. The number of aryl methyl sites for hydroxylation is 1. The molecule has 0 bridgehead atoms. The van der Waals surface area contributed by atoms with Crippen LogP contribution in [0.5, 0.6) is 0 Å². The molecule has 0 spiro atoms. The van der Waals surface area contributed by atoms with Gasteiger partial charge in [0.2, 0.25) is 0 Å². The van der Waals surface area contributed by atoms with Crippen molar-refractivity contribution in [1.29, 1.82) is 5.26 Å². The fourth-order valence-corrected chi connectivity index (χ4v) is 2.09. The molecule has 4 nitrogen and oxygen atoms in total. The van der Waals surface area contributed by atoms with Crippen molar-refractivity contribution in [2.75, 3.05) is 7.05 Å². The third kappa shape index (κ3) is 2.36. The lowest BCUT2D eigenvalue weighted by Crippen LogP contribution is -2.28. The zero-order valence-electron chi connectivity index (χ0n) is 11.1. The molecule has 1 heterocycles. The fraction of sp³-hybridized carbons (Fsp3) is 0.429. The van der Waals surface area contributed by atoms with Gasteiger partial charge in [0.25, 0.3) is 0 Å². The molecule has 1 aromatic carbocycles. The highest BCUT2D eigenvalue weighted by Crippen LogP contribution is 2.19. The number of nitriles is 1. The van der Waals surface area contributed by atoms with Crippen LogP contribution in [0.25, 0.3) is 10.9 Å². The quantitative estimate of drug-likeness (QED) is 0.826. The molecule has 0 amide bonds. The van der Waals surface area contributed by atoms with Crippen LogP contribution in [0.3, 0.4) is 0 Å². The molecule has 0 aliphatic carbocycles. The SMILES string of the molecule is CC(CC#N)N(C)Cc1nn(C)c2ccccc12. The van der Waals surface area contributed by atoms with Crippen LogP contribution in [0.15, 0.2) is 24.3 Å². The van der Waals surface area contributed by atoms with E-state index < -0.39 is 0 Å². The van der Waals surface area contributed by atoms with Crippen molar-refractivity contribution in [2.24, 2.45) is 7.05 Å². The van der Waals surface area contributed by atoms with Crippen molar-refractivity contribution in [1.82, 2.24) is 14.7 Å². The first-order chi connectivity index (χ1) is 8.63. The number of para-hydroxylation sites is 1. The minimum atomic E-state index is 0.246. The number of fused-ring (bicyclic) bond motifs is 1. The Labute approximate surface area is 107 Å². The van der Waals surface area contributed by atoms with E-state index in [1.165, 1.54) is 5.39 Å². The normalized spacial score (nSPS) is 12.8. The lowest BCUT2D eigenvalue weighted by atomic mass is 10.1. The fourth-order valence-electron chi connectivity index (χ4n) is 2.09. The van der Waals surface area contributed by atoms with Crippen LogP contribution in [0.2, 0.25) is 0 Å². The maximum Gasteiger partial charge on any atom is 0.0843 e. The maximum atomic E-state index is 8.73. The smallest absolute Gasteiger partial charge is 0.0843 e. The van der Waals surface area contributed by atoms with E-state index in [9.17, 15) is 0 Å². The van der Waals surface area contributed by atoms with Crippen LogP contribution >= 0.6 is 0 Å². The Morgan fingerprint density at radius 1 is 1.44 bits per heavy atom. The average molecular weight is 242 g/mol. The molecular weight excluding hydrogens is 224 g/mol. The van der Waals surface area contributed by atoms with E-state index in [2.05, 4.69) is 35.1 Å². The molecule has 1 atom stereocenters. The zero-order valence-corrected chi connectivity index (χ0v) is 11.1. The first kappa shape index (κ1) is 12.6. The zero-order chi connectivity index (χ0) is 13.1. The van der Waals surface area contributed by atoms with E-state index in [1.807, 2.05) is 30.9 Å². The van der Waals surface area contributed by atoms with Crippen LogP contribution < -0.4 is 0 Å². The van der Waals surface area contributed by atoms with Crippen molar-refractivity contribution in [3.63, 3.8) is 0 Å². The highest BCUT2D eigenvalue weighted by Gasteiger charge is 2.13. The van der Waals surface area contributed by atoms with Crippen molar-refractivity contribution in [2.45, 2.75) is 25.9 Å². The Bertz CT molecular complexity index is 579. The van der Waals surface area contributed by atoms with Gasteiger partial charge in [-0.05, 0) is 20.0 Å². The van der Waals surface area contributed by atoms with Gasteiger partial charge in [0, 0.05) is 25.0 Å². The van der Waals surface area contributed by atoms with Gasteiger partial charge in [0.05, 0.1) is 23.7 Å². The van der Waals surface area contributed by atoms with E-state index in [-0.39, 0.29) is 6.04 Å². The number of aromatic nitrogens is 2. The van der Waals surface area contributed by atoms with Crippen molar-refractivity contribution >= 4 is 10.9 Å². The van der Waals surface area contributed by atoms with E-state index >= 15 is 0 Å². The molecule has 94 valence electrons. The summed E-state index contributed by atoms with van der Waals surface area (Å²) in [6, 6.07) is 10.7. The second-order valence-corrected chi connectivity index (χ2v) is 4.71. The molecule has 18 heavy (non-hydrogen) atoms. The summed E-state index contributed by atoms with van der Waals surface area (Å²) in [6.45, 7) is 2.83. The Kier molecular flexibility index (Phi) is 3.63. The van der Waals surface area contributed by atoms with Gasteiger partial charge in [-0.15, -0.1) is 0 Å². The van der Waals surface area contributed by atoms with E-state index in [0.29, 0.717) is 6.42 Å². The van der Waals surface area contributed by atoms with Crippen molar-refractivity contribution < 1.29 is 0 Å². The Hall–Kier alpha value is -1.86. The summed E-state index contributed by atoms with van der Waals surface area (Å²) in [4.78, 5) is 2.16. The molecule has 2 aromatic rings. The highest BCUT2D eigenvalue weighted by molar-refractivity contribution is 5.81. The third-order valence-electron chi connectivity index (χ3n) is 3.37. The molecule has 0 fully saturated rings. The molecule has 0 saturated carbocycles. The van der Waals surface area contributed by atoms with Gasteiger partial charge in [-0.1, -0.05) is 18.2 Å². The summed E-state index contributed by atoms with van der Waals surface area (Å²) in [6.07, 6.45) is 0.543. The van der Waals surface area contributed by atoms with E-state index in [1.54, 1.807) is 0 Å². The van der Waals surface area contributed by atoms with Gasteiger partial charge in [0.1, 0.15) is 0 Å². The summed E-state index contributed by atoms with van der Waals surface area (Å²) in [5.41, 5.74) is 2.22. The van der Waals surface area contributed by atoms with Crippen LogP contribution in [-0.2, 0) is 13.6 Å². The summed E-state index contributed by atoms with van der Waals surface area (Å²) >= 11 is 0. The average Bonchev–Trinajstić information content (AvgIpc) is 2.67. The monoisotopic (exact) mass is 242 g/mol. The molecule has 0 radical (unpaired) electrons. The predicted octanol–water partition coefficient (Wildman–Crippen LogP) is 2.31. The molecule has 1 unspecified atom stereocenters. The number of benzene rings is 1. The lowest BCUT2D eigenvalue weighted by Gasteiger charge is -2.21. The molecule has 2 rings (SSSR count). The van der Waals surface area contributed by atoms with Gasteiger partial charge >= 0.3 is 0 Å². The van der Waals surface area contributed by atoms with E-state index in [0.717, 1.165) is 17.8 Å². The predicted molar refractivity (Wildman–Crippen MR) is 71.9 cm³/mol. The largest absolute Gasteiger partial charge is 0.297 e. The van der Waals surface area contributed by atoms with Crippen molar-refractivity contribution in [3.8, 4) is 6.07 Å². The number of rotatable bonds is 4. The van der Waals surface area contributed by atoms with Gasteiger partial charge in [0.15, 0.2) is 0 Å². The van der Waals surface area contributed by atoms with Crippen LogP contribution in [-0.4, -0.2) is 27.8 Å².